The molecule has 1 aromatic rings. The summed E-state index contributed by atoms with van der Waals surface area (Å²) in [7, 11) is 0. The van der Waals surface area contributed by atoms with Crippen LogP contribution in [0.4, 0.5) is 23.2 Å². The number of hydrogen-bond acceptors (Lipinski definition) is 3. The fraction of sp³-hybridized carbons (Fsp3) is 0.500. The number of halogens is 4. The van der Waals surface area contributed by atoms with Gasteiger partial charge in [-0.1, -0.05) is 0 Å². The van der Waals surface area contributed by atoms with Crippen molar-refractivity contribution in [2.45, 2.75) is 6.42 Å². The number of pyridine rings is 1. The van der Waals surface area contributed by atoms with Crippen LogP contribution < -0.4 is 4.90 Å². The molecule has 0 radical (unpaired) electrons. The standard InChI is InChI=1S/C10H10F4N2O/c11-6-8(7(12)10(14)15-9(6)13)16-2-1-4-17-5-3-16/h1-5H2. The molecule has 1 saturated heterocycles. The highest BCUT2D eigenvalue weighted by atomic mass is 19.2. The summed E-state index contributed by atoms with van der Waals surface area (Å²) in [4.78, 5) is 3.74. The van der Waals surface area contributed by atoms with Crippen LogP contribution in [0.25, 0.3) is 0 Å². The molecule has 17 heavy (non-hydrogen) atoms. The maximum atomic E-state index is 13.4. The topological polar surface area (TPSA) is 25.4 Å². The summed E-state index contributed by atoms with van der Waals surface area (Å²) >= 11 is 0. The van der Waals surface area contributed by atoms with Gasteiger partial charge in [-0.3, -0.25) is 0 Å². The van der Waals surface area contributed by atoms with E-state index in [1.807, 2.05) is 0 Å². The summed E-state index contributed by atoms with van der Waals surface area (Å²) in [5.41, 5.74) is -0.708. The normalized spacial score (nSPS) is 17.1. The minimum atomic E-state index is -1.64. The Labute approximate surface area is 95.0 Å². The van der Waals surface area contributed by atoms with Crippen LogP contribution in [0, 0.1) is 23.5 Å². The van der Waals surface area contributed by atoms with Crippen molar-refractivity contribution in [3.63, 3.8) is 0 Å². The molecule has 2 rings (SSSR count). The first-order valence-electron chi connectivity index (χ1n) is 5.14. The maximum Gasteiger partial charge on any atom is 0.253 e. The Morgan fingerprint density at radius 2 is 1.59 bits per heavy atom. The Bertz CT molecular complexity index is 393. The summed E-state index contributed by atoms with van der Waals surface area (Å²) in [6.45, 7) is 1.16. The molecule has 0 aliphatic carbocycles. The number of ether oxygens (including phenoxy) is 1. The van der Waals surface area contributed by atoms with E-state index in [0.717, 1.165) is 0 Å². The quantitative estimate of drug-likeness (QED) is 0.562. The van der Waals surface area contributed by atoms with Gasteiger partial charge in [-0.2, -0.15) is 22.5 Å². The van der Waals surface area contributed by atoms with Crippen molar-refractivity contribution in [3.8, 4) is 0 Å². The molecular weight excluding hydrogens is 240 g/mol. The predicted octanol–water partition coefficient (Wildman–Crippen LogP) is 1.86. The van der Waals surface area contributed by atoms with E-state index in [0.29, 0.717) is 13.0 Å². The second-order valence-electron chi connectivity index (χ2n) is 3.62. The van der Waals surface area contributed by atoms with Gasteiger partial charge in [0.05, 0.1) is 6.61 Å². The summed E-state index contributed by atoms with van der Waals surface area (Å²) in [5, 5.41) is 0. The molecule has 2 heterocycles. The van der Waals surface area contributed by atoms with Crippen LogP contribution >= 0.6 is 0 Å². The molecule has 0 atom stereocenters. The van der Waals surface area contributed by atoms with Crippen LogP contribution in [-0.2, 0) is 4.74 Å². The van der Waals surface area contributed by atoms with Crippen LogP contribution in [0.2, 0.25) is 0 Å². The molecule has 1 fully saturated rings. The number of anilines is 1. The molecule has 1 aromatic heterocycles. The Kier molecular flexibility index (Phi) is 3.46. The zero-order valence-electron chi connectivity index (χ0n) is 8.85. The fourth-order valence-electron chi connectivity index (χ4n) is 1.72. The molecule has 3 nitrogen and oxygen atoms in total. The Morgan fingerprint density at radius 3 is 2.24 bits per heavy atom. The van der Waals surface area contributed by atoms with Gasteiger partial charge in [0.25, 0.3) is 11.9 Å². The molecule has 94 valence electrons. The molecule has 0 amide bonds. The summed E-state index contributed by atoms with van der Waals surface area (Å²) in [6.07, 6.45) is 0.532. The Hall–Kier alpha value is -1.37. The number of aromatic nitrogens is 1. The zero-order valence-corrected chi connectivity index (χ0v) is 8.85. The maximum absolute atomic E-state index is 13.4. The predicted molar refractivity (Wildman–Crippen MR) is 51.7 cm³/mol. The highest BCUT2D eigenvalue weighted by Crippen LogP contribution is 2.26. The summed E-state index contributed by atoms with van der Waals surface area (Å²) in [5.74, 6) is -6.20. The first-order valence-corrected chi connectivity index (χ1v) is 5.14. The van der Waals surface area contributed by atoms with Crippen molar-refractivity contribution in [2.24, 2.45) is 0 Å². The van der Waals surface area contributed by atoms with E-state index in [1.54, 1.807) is 0 Å². The minimum Gasteiger partial charge on any atom is -0.380 e. The van der Waals surface area contributed by atoms with Gasteiger partial charge >= 0.3 is 0 Å². The molecule has 0 unspecified atom stereocenters. The molecule has 0 N–H and O–H groups in total. The van der Waals surface area contributed by atoms with Crippen molar-refractivity contribution < 1.29 is 22.3 Å². The van der Waals surface area contributed by atoms with Crippen LogP contribution in [0.5, 0.6) is 0 Å². The van der Waals surface area contributed by atoms with E-state index in [9.17, 15) is 17.6 Å². The van der Waals surface area contributed by atoms with Gasteiger partial charge in [0.15, 0.2) is 0 Å². The van der Waals surface area contributed by atoms with Crippen LogP contribution in [0.1, 0.15) is 6.42 Å². The first-order chi connectivity index (χ1) is 8.11. The van der Waals surface area contributed by atoms with E-state index in [2.05, 4.69) is 4.98 Å². The fourth-order valence-corrected chi connectivity index (χ4v) is 1.72. The van der Waals surface area contributed by atoms with Gasteiger partial charge in [-0.15, -0.1) is 0 Å². The van der Waals surface area contributed by atoms with E-state index in [4.69, 9.17) is 4.74 Å². The lowest BCUT2D eigenvalue weighted by Gasteiger charge is -2.22. The Morgan fingerprint density at radius 1 is 0.941 bits per heavy atom. The average Bonchev–Trinajstić information content (AvgIpc) is 2.56. The van der Waals surface area contributed by atoms with Crippen molar-refractivity contribution >= 4 is 5.69 Å². The highest BCUT2D eigenvalue weighted by Gasteiger charge is 2.25. The smallest absolute Gasteiger partial charge is 0.253 e. The lowest BCUT2D eigenvalue weighted by Crippen LogP contribution is -2.29. The van der Waals surface area contributed by atoms with E-state index in [1.165, 1.54) is 4.90 Å². The van der Waals surface area contributed by atoms with Crippen LogP contribution in [0.15, 0.2) is 0 Å². The second-order valence-corrected chi connectivity index (χ2v) is 3.62. The highest BCUT2D eigenvalue weighted by molar-refractivity contribution is 5.48. The van der Waals surface area contributed by atoms with Crippen molar-refractivity contribution in [1.82, 2.24) is 4.98 Å². The molecule has 0 aromatic carbocycles. The third-order valence-electron chi connectivity index (χ3n) is 2.51. The lowest BCUT2D eigenvalue weighted by molar-refractivity contribution is 0.152. The summed E-state index contributed by atoms with van der Waals surface area (Å²) < 4.78 is 57.8. The van der Waals surface area contributed by atoms with Crippen LogP contribution in [-0.4, -0.2) is 31.3 Å². The van der Waals surface area contributed by atoms with Gasteiger partial charge in [0.2, 0.25) is 11.6 Å². The molecule has 0 spiro atoms. The van der Waals surface area contributed by atoms with E-state index >= 15 is 0 Å². The van der Waals surface area contributed by atoms with Gasteiger partial charge < -0.3 is 9.64 Å². The second kappa shape index (κ2) is 4.87. The molecule has 7 heteroatoms. The number of rotatable bonds is 1. The van der Waals surface area contributed by atoms with E-state index in [-0.39, 0.29) is 19.7 Å². The third-order valence-corrected chi connectivity index (χ3v) is 2.51. The lowest BCUT2D eigenvalue weighted by atomic mass is 10.3. The monoisotopic (exact) mass is 250 g/mol. The van der Waals surface area contributed by atoms with E-state index < -0.39 is 29.2 Å². The molecular formula is C10H10F4N2O. The minimum absolute atomic E-state index is 0.177. The van der Waals surface area contributed by atoms with Crippen molar-refractivity contribution in [1.29, 1.82) is 0 Å². The van der Waals surface area contributed by atoms with Gasteiger partial charge in [0.1, 0.15) is 5.69 Å². The number of hydrogen-bond donors (Lipinski definition) is 0. The SMILES string of the molecule is Fc1nc(F)c(F)c(N2CCCOCC2)c1F. The van der Waals surface area contributed by atoms with Gasteiger partial charge in [-0.05, 0) is 6.42 Å². The van der Waals surface area contributed by atoms with Gasteiger partial charge in [0, 0.05) is 19.7 Å². The van der Waals surface area contributed by atoms with Gasteiger partial charge in [-0.25, -0.2) is 0 Å². The van der Waals surface area contributed by atoms with Crippen LogP contribution in [0.3, 0.4) is 0 Å². The third kappa shape index (κ3) is 2.33. The molecule has 1 aliphatic rings. The number of nitrogens with zero attached hydrogens (tertiary/aromatic N) is 2. The summed E-state index contributed by atoms with van der Waals surface area (Å²) in [6, 6.07) is 0. The van der Waals surface area contributed by atoms with Crippen molar-refractivity contribution in [3.05, 3.63) is 23.5 Å². The average molecular weight is 250 g/mol. The molecule has 0 bridgehead atoms. The molecule has 1 aliphatic heterocycles. The zero-order chi connectivity index (χ0) is 12.4. The first kappa shape index (κ1) is 12.1. The molecule has 0 saturated carbocycles. The largest absolute Gasteiger partial charge is 0.380 e. The Balaban J connectivity index is 2.42. The van der Waals surface area contributed by atoms with Crippen molar-refractivity contribution in [2.75, 3.05) is 31.2 Å².